The van der Waals surface area contributed by atoms with Crippen LogP contribution in [0.2, 0.25) is 0 Å². The highest BCUT2D eigenvalue weighted by Crippen LogP contribution is 2.41. The van der Waals surface area contributed by atoms with E-state index < -0.39 is 17.9 Å². The van der Waals surface area contributed by atoms with Crippen LogP contribution in [0.4, 0.5) is 0 Å². The van der Waals surface area contributed by atoms with Gasteiger partial charge in [0.15, 0.2) is 17.5 Å². The lowest BCUT2D eigenvalue weighted by molar-refractivity contribution is -0.145. The van der Waals surface area contributed by atoms with Gasteiger partial charge in [0, 0.05) is 0 Å². The Hall–Kier alpha value is -3.04. The number of ether oxygens (including phenoxy) is 3. The summed E-state index contributed by atoms with van der Waals surface area (Å²) in [5.41, 5.74) is 1.09. The smallest absolute Gasteiger partial charge is 0.331 e. The third-order valence-corrected chi connectivity index (χ3v) is 5.75. The van der Waals surface area contributed by atoms with Gasteiger partial charge in [0.05, 0.1) is 26.2 Å². The molecule has 1 fully saturated rings. The zero-order valence-electron chi connectivity index (χ0n) is 16.4. The van der Waals surface area contributed by atoms with Crippen molar-refractivity contribution in [2.24, 2.45) is 0 Å². The van der Waals surface area contributed by atoms with Crippen molar-refractivity contribution in [3.63, 3.8) is 0 Å². The van der Waals surface area contributed by atoms with Gasteiger partial charge in [0.1, 0.15) is 4.32 Å². The molecule has 1 heterocycles. The maximum Gasteiger partial charge on any atom is 0.331 e. The molecule has 0 aromatic heterocycles. The van der Waals surface area contributed by atoms with Crippen LogP contribution in [-0.2, 0) is 9.59 Å². The van der Waals surface area contributed by atoms with Crippen molar-refractivity contribution in [2.45, 2.75) is 6.04 Å². The van der Waals surface area contributed by atoms with E-state index in [4.69, 9.17) is 26.4 Å². The maximum atomic E-state index is 13.1. The van der Waals surface area contributed by atoms with Gasteiger partial charge >= 0.3 is 5.97 Å². The van der Waals surface area contributed by atoms with E-state index >= 15 is 0 Å². The number of carboxylic acids is 1. The van der Waals surface area contributed by atoms with E-state index in [-0.39, 0.29) is 4.32 Å². The average molecular weight is 446 g/mol. The molecule has 1 aliphatic heterocycles. The summed E-state index contributed by atoms with van der Waals surface area (Å²) < 4.78 is 16.2. The summed E-state index contributed by atoms with van der Waals surface area (Å²) in [6, 6.07) is 10.7. The number of rotatable bonds is 7. The lowest BCUT2D eigenvalue weighted by Crippen LogP contribution is -2.37. The van der Waals surface area contributed by atoms with Crippen molar-refractivity contribution < 1.29 is 28.9 Å². The Balaban J connectivity index is 2.00. The number of thiocarbonyl (C=S) groups is 1. The molecule has 3 rings (SSSR count). The summed E-state index contributed by atoms with van der Waals surface area (Å²) in [5.74, 6) is -0.334. The second kappa shape index (κ2) is 9.19. The lowest BCUT2D eigenvalue weighted by atomic mass is 10.1. The SMILES string of the molecule is COc1cc(/C=C2\SC(=S)N([C@@H](C(=O)O)c3ccccc3)C2=O)cc(OC)c1OC. The normalized spacial score (nSPS) is 16.0. The van der Waals surface area contributed by atoms with E-state index in [1.165, 1.54) is 21.3 Å². The van der Waals surface area contributed by atoms with E-state index in [2.05, 4.69) is 0 Å². The molecule has 0 radical (unpaired) electrons. The monoisotopic (exact) mass is 445 g/mol. The summed E-state index contributed by atoms with van der Waals surface area (Å²) in [7, 11) is 4.50. The first-order chi connectivity index (χ1) is 14.4. The minimum absolute atomic E-state index is 0.176. The number of amides is 1. The maximum absolute atomic E-state index is 13.1. The summed E-state index contributed by atoms with van der Waals surface area (Å²) in [4.78, 5) is 26.5. The number of carbonyl (C=O) groups is 2. The second-order valence-corrected chi connectivity index (χ2v) is 7.84. The predicted molar refractivity (Wildman–Crippen MR) is 118 cm³/mol. The number of hydrogen-bond acceptors (Lipinski definition) is 7. The minimum atomic E-state index is -1.20. The van der Waals surface area contributed by atoms with Gasteiger partial charge in [-0.3, -0.25) is 9.69 Å². The zero-order valence-corrected chi connectivity index (χ0v) is 18.1. The van der Waals surface area contributed by atoms with Crippen LogP contribution >= 0.6 is 24.0 Å². The predicted octanol–water partition coefficient (Wildman–Crippen LogP) is 3.74. The minimum Gasteiger partial charge on any atom is -0.493 e. The molecule has 0 bridgehead atoms. The van der Waals surface area contributed by atoms with Gasteiger partial charge < -0.3 is 19.3 Å². The molecule has 0 aliphatic carbocycles. The summed E-state index contributed by atoms with van der Waals surface area (Å²) in [6.07, 6.45) is 1.62. The lowest BCUT2D eigenvalue weighted by Gasteiger charge is -2.23. The first-order valence-corrected chi connectivity index (χ1v) is 9.98. The average Bonchev–Trinajstić information content (AvgIpc) is 3.01. The van der Waals surface area contributed by atoms with Gasteiger partial charge in [-0.1, -0.05) is 54.3 Å². The third-order valence-electron chi connectivity index (χ3n) is 4.42. The van der Waals surface area contributed by atoms with Crippen LogP contribution in [0.3, 0.4) is 0 Å². The largest absolute Gasteiger partial charge is 0.493 e. The van der Waals surface area contributed by atoms with Gasteiger partial charge in [-0.2, -0.15) is 0 Å². The molecule has 1 amide bonds. The Morgan fingerprint density at radius 1 is 1.10 bits per heavy atom. The van der Waals surface area contributed by atoms with Crippen LogP contribution in [0, 0.1) is 0 Å². The number of benzene rings is 2. The Morgan fingerprint density at radius 2 is 1.70 bits per heavy atom. The molecule has 0 saturated carbocycles. The van der Waals surface area contributed by atoms with Crippen LogP contribution in [0.25, 0.3) is 6.08 Å². The number of carbonyl (C=O) groups excluding carboxylic acids is 1. The first kappa shape index (κ1) is 21.7. The van der Waals surface area contributed by atoms with Gasteiger partial charge in [-0.15, -0.1) is 0 Å². The van der Waals surface area contributed by atoms with Crippen molar-refractivity contribution in [1.29, 1.82) is 0 Å². The van der Waals surface area contributed by atoms with Crippen LogP contribution in [-0.4, -0.2) is 47.5 Å². The zero-order chi connectivity index (χ0) is 21.8. The fraction of sp³-hybridized carbons (Fsp3) is 0.190. The highest BCUT2D eigenvalue weighted by Gasteiger charge is 2.41. The van der Waals surface area contributed by atoms with Crippen molar-refractivity contribution in [3.8, 4) is 17.2 Å². The standard InChI is InChI=1S/C21H19NO6S2/c1-26-14-9-12(10-15(27-2)18(14)28-3)11-16-19(23)22(21(29)30-16)17(20(24)25)13-7-5-4-6-8-13/h4-11,17H,1-3H3,(H,24,25)/b16-11-/t17-/m1/s1. The summed E-state index contributed by atoms with van der Waals surface area (Å²) in [6.45, 7) is 0. The van der Waals surface area contributed by atoms with E-state index in [9.17, 15) is 14.7 Å². The topological polar surface area (TPSA) is 85.3 Å². The number of hydrogen-bond donors (Lipinski definition) is 1. The van der Waals surface area contributed by atoms with E-state index in [0.29, 0.717) is 33.3 Å². The molecule has 30 heavy (non-hydrogen) atoms. The van der Waals surface area contributed by atoms with E-state index in [1.54, 1.807) is 48.5 Å². The Kier molecular flexibility index (Phi) is 6.63. The third kappa shape index (κ3) is 4.12. The molecule has 2 aromatic carbocycles. The number of carboxylic acid groups (broad SMARTS) is 1. The molecule has 1 aliphatic rings. The van der Waals surface area contributed by atoms with Gasteiger partial charge in [0.25, 0.3) is 5.91 Å². The molecule has 9 heteroatoms. The van der Waals surface area contributed by atoms with Crippen LogP contribution in [0.5, 0.6) is 17.2 Å². The first-order valence-electron chi connectivity index (χ1n) is 8.76. The quantitative estimate of drug-likeness (QED) is 0.510. The van der Waals surface area contributed by atoms with Crippen molar-refractivity contribution in [2.75, 3.05) is 21.3 Å². The Bertz CT molecular complexity index is 996. The van der Waals surface area contributed by atoms with E-state index in [0.717, 1.165) is 16.7 Å². The second-order valence-electron chi connectivity index (χ2n) is 6.16. The molecule has 156 valence electrons. The van der Waals surface area contributed by atoms with Gasteiger partial charge in [0.2, 0.25) is 5.75 Å². The van der Waals surface area contributed by atoms with Crippen molar-refractivity contribution in [3.05, 3.63) is 58.5 Å². The van der Waals surface area contributed by atoms with Gasteiger partial charge in [-0.05, 0) is 29.3 Å². The molecule has 2 aromatic rings. The Morgan fingerprint density at radius 3 is 2.20 bits per heavy atom. The highest BCUT2D eigenvalue weighted by atomic mass is 32.2. The molecule has 1 saturated heterocycles. The van der Waals surface area contributed by atoms with Crippen LogP contribution in [0.1, 0.15) is 17.2 Å². The van der Waals surface area contributed by atoms with Gasteiger partial charge in [-0.25, -0.2) is 4.79 Å². The number of methoxy groups -OCH3 is 3. The fourth-order valence-electron chi connectivity index (χ4n) is 3.08. The molecule has 7 nitrogen and oxygen atoms in total. The molecule has 1 N–H and O–H groups in total. The van der Waals surface area contributed by atoms with Crippen molar-refractivity contribution in [1.82, 2.24) is 4.90 Å². The number of nitrogens with zero attached hydrogens (tertiary/aromatic N) is 1. The van der Waals surface area contributed by atoms with Crippen LogP contribution in [0.15, 0.2) is 47.4 Å². The molecular formula is C21H19NO6S2. The molecule has 1 atom stereocenters. The number of aliphatic carboxylic acids is 1. The fourth-order valence-corrected chi connectivity index (χ4v) is 4.39. The Labute approximate surface area is 183 Å². The molecular weight excluding hydrogens is 426 g/mol. The molecule has 0 unspecified atom stereocenters. The summed E-state index contributed by atoms with van der Waals surface area (Å²) >= 11 is 6.38. The molecule has 0 spiro atoms. The van der Waals surface area contributed by atoms with E-state index in [1.807, 2.05) is 0 Å². The van der Waals surface area contributed by atoms with Crippen molar-refractivity contribution >= 4 is 46.3 Å². The summed E-state index contributed by atoms with van der Waals surface area (Å²) in [5, 5.41) is 9.76. The van der Waals surface area contributed by atoms with Crippen LogP contribution < -0.4 is 14.2 Å². The number of thioether (sulfide) groups is 1. The highest BCUT2D eigenvalue weighted by molar-refractivity contribution is 8.26.